The van der Waals surface area contributed by atoms with Gasteiger partial charge in [0.25, 0.3) is 0 Å². The van der Waals surface area contributed by atoms with Crippen molar-refractivity contribution in [1.29, 1.82) is 0 Å². The number of rotatable bonds is 1. The van der Waals surface area contributed by atoms with Crippen LogP contribution in [0, 0.1) is 0 Å². The molecule has 0 aliphatic carbocycles. The fraction of sp³-hybridized carbons (Fsp3) is 0.455. The highest BCUT2D eigenvalue weighted by atomic mass is 32.1. The van der Waals surface area contributed by atoms with Crippen molar-refractivity contribution in [1.82, 2.24) is 9.97 Å². The van der Waals surface area contributed by atoms with Crippen LogP contribution in [0.3, 0.4) is 0 Å². The molecule has 0 N–H and O–H groups in total. The van der Waals surface area contributed by atoms with Gasteiger partial charge in [0.1, 0.15) is 0 Å². The summed E-state index contributed by atoms with van der Waals surface area (Å²) in [5.74, 6) is 0.497. The van der Waals surface area contributed by atoms with Gasteiger partial charge in [0, 0.05) is 5.69 Å². The van der Waals surface area contributed by atoms with Crippen molar-refractivity contribution in [3.8, 4) is 0 Å². The maximum absolute atomic E-state index is 4.32. The number of fused-ring (bicyclic) bond motifs is 1. The molecule has 0 bridgehead atoms. The second-order valence-electron chi connectivity index (χ2n) is 3.08. The lowest BCUT2D eigenvalue weighted by molar-refractivity contribution is 0.826. The van der Waals surface area contributed by atoms with E-state index in [1.807, 2.05) is 25.6 Å². The molecule has 0 aliphatic heterocycles. The van der Waals surface area contributed by atoms with Crippen molar-refractivity contribution in [3.63, 3.8) is 0 Å². The molecule has 76 valence electrons. The van der Waals surface area contributed by atoms with Gasteiger partial charge in [0.05, 0.1) is 21.9 Å². The molecular weight excluding hydrogens is 192 g/mol. The third kappa shape index (κ3) is 2.29. The van der Waals surface area contributed by atoms with Crippen molar-refractivity contribution in [2.45, 2.75) is 33.6 Å². The minimum atomic E-state index is 0.497. The van der Waals surface area contributed by atoms with Gasteiger partial charge >= 0.3 is 0 Å². The first kappa shape index (κ1) is 11.1. The Labute approximate surface area is 89.0 Å². The topological polar surface area (TPSA) is 25.8 Å². The van der Waals surface area contributed by atoms with Crippen molar-refractivity contribution in [2.75, 3.05) is 0 Å². The van der Waals surface area contributed by atoms with Crippen LogP contribution in [0.1, 0.15) is 39.3 Å². The average molecular weight is 208 g/mol. The van der Waals surface area contributed by atoms with E-state index < -0.39 is 0 Å². The first-order valence-electron chi connectivity index (χ1n) is 4.96. The molecule has 0 aliphatic rings. The molecule has 2 aromatic rings. The quantitative estimate of drug-likeness (QED) is 0.711. The van der Waals surface area contributed by atoms with Gasteiger partial charge in [-0.25, -0.2) is 4.98 Å². The highest BCUT2D eigenvalue weighted by Gasteiger charge is 2.02. The predicted molar refractivity (Wildman–Crippen MR) is 62.9 cm³/mol. The standard InChI is InChI=1S/C9H10N2S.C2H6/c1-6(2)7-3-9-8(4-10-7)11-5-12-9;1-2/h3-6H,1-2H3;1-2H3. The van der Waals surface area contributed by atoms with Crippen LogP contribution in [-0.4, -0.2) is 9.97 Å². The van der Waals surface area contributed by atoms with Crippen molar-refractivity contribution in [3.05, 3.63) is 23.5 Å². The Hall–Kier alpha value is -0.960. The number of thiazole rings is 1. The molecule has 2 rings (SSSR count). The highest BCUT2D eigenvalue weighted by Crippen LogP contribution is 2.20. The van der Waals surface area contributed by atoms with E-state index in [0.717, 1.165) is 11.2 Å². The second kappa shape index (κ2) is 5.05. The normalized spacial score (nSPS) is 10.1. The molecule has 0 spiro atoms. The molecule has 0 radical (unpaired) electrons. The van der Waals surface area contributed by atoms with Gasteiger partial charge < -0.3 is 0 Å². The first-order valence-corrected chi connectivity index (χ1v) is 5.84. The van der Waals surface area contributed by atoms with Crippen molar-refractivity contribution < 1.29 is 0 Å². The van der Waals surface area contributed by atoms with E-state index in [0.29, 0.717) is 5.92 Å². The largest absolute Gasteiger partial charge is 0.259 e. The molecule has 0 amide bonds. The van der Waals surface area contributed by atoms with Crippen molar-refractivity contribution >= 4 is 21.6 Å². The van der Waals surface area contributed by atoms with E-state index in [1.54, 1.807) is 11.3 Å². The number of nitrogens with zero attached hydrogens (tertiary/aromatic N) is 2. The summed E-state index contributed by atoms with van der Waals surface area (Å²) in [6.07, 6.45) is 1.85. The van der Waals surface area contributed by atoms with E-state index in [1.165, 1.54) is 4.70 Å². The summed E-state index contributed by atoms with van der Waals surface area (Å²) in [6, 6.07) is 2.12. The fourth-order valence-corrected chi connectivity index (χ4v) is 1.79. The number of hydrogen-bond donors (Lipinski definition) is 0. The molecule has 0 atom stereocenters. The maximum Gasteiger partial charge on any atom is 0.0995 e. The smallest absolute Gasteiger partial charge is 0.0995 e. The molecule has 0 saturated heterocycles. The van der Waals surface area contributed by atoms with Crippen LogP contribution < -0.4 is 0 Å². The summed E-state index contributed by atoms with van der Waals surface area (Å²) in [6.45, 7) is 8.30. The van der Waals surface area contributed by atoms with Gasteiger partial charge in [-0.15, -0.1) is 11.3 Å². The fourth-order valence-electron chi connectivity index (χ4n) is 1.09. The predicted octanol–water partition coefficient (Wildman–Crippen LogP) is 3.84. The lowest BCUT2D eigenvalue weighted by atomic mass is 10.1. The molecule has 0 unspecified atom stereocenters. The Morgan fingerprint density at radius 1 is 1.21 bits per heavy atom. The van der Waals surface area contributed by atoms with Gasteiger partial charge in [-0.2, -0.15) is 0 Å². The Morgan fingerprint density at radius 3 is 2.57 bits per heavy atom. The zero-order valence-corrected chi connectivity index (χ0v) is 9.93. The number of hydrogen-bond acceptors (Lipinski definition) is 3. The molecular formula is C11H16N2S. The first-order chi connectivity index (χ1) is 6.77. The lowest BCUT2D eigenvalue weighted by Crippen LogP contribution is -1.90. The van der Waals surface area contributed by atoms with E-state index in [9.17, 15) is 0 Å². The Bertz CT molecular complexity index is 393. The molecule has 2 nitrogen and oxygen atoms in total. The zero-order chi connectivity index (χ0) is 10.6. The van der Waals surface area contributed by atoms with Gasteiger partial charge in [0.2, 0.25) is 0 Å². The van der Waals surface area contributed by atoms with Gasteiger partial charge in [-0.05, 0) is 12.0 Å². The molecule has 2 aromatic heterocycles. The van der Waals surface area contributed by atoms with Gasteiger partial charge in [-0.1, -0.05) is 27.7 Å². The lowest BCUT2D eigenvalue weighted by Gasteiger charge is -2.01. The summed E-state index contributed by atoms with van der Waals surface area (Å²) >= 11 is 1.67. The Balaban J connectivity index is 0.000000461. The van der Waals surface area contributed by atoms with Crippen LogP contribution in [0.5, 0.6) is 0 Å². The van der Waals surface area contributed by atoms with Gasteiger partial charge in [-0.3, -0.25) is 4.98 Å². The van der Waals surface area contributed by atoms with Gasteiger partial charge in [0.15, 0.2) is 0 Å². The number of pyridine rings is 1. The second-order valence-corrected chi connectivity index (χ2v) is 3.97. The third-order valence-corrected chi connectivity index (χ3v) is 2.62. The minimum absolute atomic E-state index is 0.497. The van der Waals surface area contributed by atoms with Crippen LogP contribution in [-0.2, 0) is 0 Å². The van der Waals surface area contributed by atoms with Crippen LogP contribution in [0.25, 0.3) is 10.2 Å². The maximum atomic E-state index is 4.32. The zero-order valence-electron chi connectivity index (χ0n) is 9.11. The van der Waals surface area contributed by atoms with E-state index >= 15 is 0 Å². The minimum Gasteiger partial charge on any atom is -0.259 e. The third-order valence-electron chi connectivity index (χ3n) is 1.83. The van der Waals surface area contributed by atoms with E-state index in [4.69, 9.17) is 0 Å². The summed E-state index contributed by atoms with van der Waals surface area (Å²) in [5.41, 5.74) is 4.01. The number of aromatic nitrogens is 2. The summed E-state index contributed by atoms with van der Waals surface area (Å²) < 4.78 is 1.23. The van der Waals surface area contributed by atoms with Crippen LogP contribution in [0.2, 0.25) is 0 Å². The highest BCUT2D eigenvalue weighted by molar-refractivity contribution is 7.16. The Kier molecular flexibility index (Phi) is 4.01. The monoisotopic (exact) mass is 208 g/mol. The van der Waals surface area contributed by atoms with E-state index in [2.05, 4.69) is 29.9 Å². The molecule has 14 heavy (non-hydrogen) atoms. The summed E-state index contributed by atoms with van der Waals surface area (Å²) in [5, 5.41) is 0. The molecule has 0 saturated carbocycles. The van der Waals surface area contributed by atoms with Crippen LogP contribution in [0.15, 0.2) is 17.8 Å². The molecule has 2 heterocycles. The van der Waals surface area contributed by atoms with E-state index in [-0.39, 0.29) is 0 Å². The average Bonchev–Trinajstić information content (AvgIpc) is 2.67. The SMILES string of the molecule is CC.CC(C)c1cc2scnc2cn1. The molecule has 3 heteroatoms. The Morgan fingerprint density at radius 2 is 1.93 bits per heavy atom. The molecule has 0 fully saturated rings. The van der Waals surface area contributed by atoms with Crippen molar-refractivity contribution in [2.24, 2.45) is 0 Å². The summed E-state index contributed by atoms with van der Waals surface area (Å²) in [7, 11) is 0. The molecule has 0 aromatic carbocycles. The van der Waals surface area contributed by atoms with Crippen LogP contribution >= 0.6 is 11.3 Å². The summed E-state index contributed by atoms with van der Waals surface area (Å²) in [4.78, 5) is 8.50. The van der Waals surface area contributed by atoms with Crippen LogP contribution in [0.4, 0.5) is 0 Å².